The Morgan fingerprint density at radius 3 is 2.50 bits per heavy atom. The van der Waals surface area contributed by atoms with E-state index in [9.17, 15) is 19.7 Å². The summed E-state index contributed by atoms with van der Waals surface area (Å²) in [6.07, 6.45) is 1.57. The standard InChI is InChI=1S/C26H21ClN2O6S/c1-16-5-3-4-6-19(16)15-35-24-21(27)11-18(12-22(24)34-2)13-23-25(30)28(26(31)36-23)14-17-7-9-20(10-8-17)29(32)33/h3-13H,14-15H2,1-2H3/b23-13-. The minimum atomic E-state index is -0.509. The predicted octanol–water partition coefficient (Wildman–Crippen LogP) is 6.38. The number of carbonyl (C=O) groups is 2. The van der Waals surface area contributed by atoms with Gasteiger partial charge in [-0.15, -0.1) is 0 Å². The minimum absolute atomic E-state index is 0.00968. The Morgan fingerprint density at radius 1 is 1.11 bits per heavy atom. The van der Waals surface area contributed by atoms with Gasteiger partial charge in [-0.3, -0.25) is 24.6 Å². The molecule has 1 aliphatic rings. The number of rotatable bonds is 8. The average molecular weight is 525 g/mol. The summed E-state index contributed by atoms with van der Waals surface area (Å²) in [7, 11) is 1.49. The van der Waals surface area contributed by atoms with Gasteiger partial charge in [0.25, 0.3) is 16.8 Å². The van der Waals surface area contributed by atoms with Crippen LogP contribution in [0.4, 0.5) is 10.5 Å². The van der Waals surface area contributed by atoms with Crippen molar-refractivity contribution in [1.29, 1.82) is 0 Å². The molecule has 0 aliphatic carbocycles. The molecule has 0 N–H and O–H groups in total. The molecule has 1 saturated heterocycles. The van der Waals surface area contributed by atoms with Crippen molar-refractivity contribution in [2.24, 2.45) is 0 Å². The Hall–Kier alpha value is -3.82. The third kappa shape index (κ3) is 5.53. The van der Waals surface area contributed by atoms with E-state index < -0.39 is 16.1 Å². The molecule has 0 radical (unpaired) electrons. The van der Waals surface area contributed by atoms with Crippen LogP contribution in [0.15, 0.2) is 65.6 Å². The SMILES string of the molecule is COc1cc(/C=C2\SC(=O)N(Cc3ccc([N+](=O)[O-])cc3)C2=O)cc(Cl)c1OCc1ccccc1C. The summed E-state index contributed by atoms with van der Waals surface area (Å²) in [5.41, 5.74) is 3.21. The van der Waals surface area contributed by atoms with Crippen LogP contribution in [-0.2, 0) is 17.9 Å². The molecule has 2 amide bonds. The second kappa shape index (κ2) is 10.8. The average Bonchev–Trinajstić information content (AvgIpc) is 3.11. The first-order chi connectivity index (χ1) is 17.3. The quantitative estimate of drug-likeness (QED) is 0.191. The second-order valence-electron chi connectivity index (χ2n) is 7.94. The maximum absolute atomic E-state index is 12.9. The van der Waals surface area contributed by atoms with Crippen LogP contribution in [0.5, 0.6) is 11.5 Å². The molecule has 8 nitrogen and oxygen atoms in total. The van der Waals surface area contributed by atoms with Crippen molar-refractivity contribution in [2.75, 3.05) is 7.11 Å². The summed E-state index contributed by atoms with van der Waals surface area (Å²) in [5, 5.41) is 10.7. The molecule has 1 heterocycles. The van der Waals surface area contributed by atoms with Gasteiger partial charge in [0, 0.05) is 12.1 Å². The molecule has 36 heavy (non-hydrogen) atoms. The van der Waals surface area contributed by atoms with Crippen LogP contribution in [0.3, 0.4) is 0 Å². The number of nitro groups is 1. The zero-order valence-corrected chi connectivity index (χ0v) is 21.0. The number of aryl methyl sites for hydroxylation is 1. The first-order valence-corrected chi connectivity index (χ1v) is 12.0. The topological polar surface area (TPSA) is 99.0 Å². The summed E-state index contributed by atoms with van der Waals surface area (Å²) < 4.78 is 11.4. The fourth-order valence-electron chi connectivity index (χ4n) is 3.58. The molecule has 1 fully saturated rings. The fraction of sp³-hybridized carbons (Fsp3) is 0.154. The number of amides is 2. The Bertz CT molecular complexity index is 1370. The van der Waals surface area contributed by atoms with Crippen LogP contribution in [0.1, 0.15) is 22.3 Å². The van der Waals surface area contributed by atoms with E-state index in [-0.39, 0.29) is 17.1 Å². The number of ether oxygens (including phenoxy) is 2. The molecule has 0 unspecified atom stereocenters. The third-order valence-corrected chi connectivity index (χ3v) is 6.73. The van der Waals surface area contributed by atoms with Crippen LogP contribution in [0.2, 0.25) is 5.02 Å². The fourth-order valence-corrected chi connectivity index (χ4v) is 4.69. The van der Waals surface area contributed by atoms with Gasteiger partial charge < -0.3 is 9.47 Å². The van der Waals surface area contributed by atoms with E-state index in [2.05, 4.69) is 0 Å². The van der Waals surface area contributed by atoms with Crippen LogP contribution in [-0.4, -0.2) is 28.1 Å². The van der Waals surface area contributed by atoms with Crippen molar-refractivity contribution < 1.29 is 24.0 Å². The number of halogens is 1. The molecule has 3 aromatic carbocycles. The molecule has 184 valence electrons. The van der Waals surface area contributed by atoms with Crippen molar-refractivity contribution in [3.63, 3.8) is 0 Å². The lowest BCUT2D eigenvalue weighted by atomic mass is 10.1. The molecule has 10 heteroatoms. The van der Waals surface area contributed by atoms with Crippen LogP contribution < -0.4 is 9.47 Å². The Morgan fingerprint density at radius 2 is 1.83 bits per heavy atom. The van der Waals surface area contributed by atoms with E-state index in [0.29, 0.717) is 34.3 Å². The highest BCUT2D eigenvalue weighted by Gasteiger charge is 2.35. The monoisotopic (exact) mass is 524 g/mol. The van der Waals surface area contributed by atoms with Gasteiger partial charge in [-0.2, -0.15) is 0 Å². The molecule has 0 aromatic heterocycles. The number of methoxy groups -OCH3 is 1. The molecule has 0 spiro atoms. The summed E-state index contributed by atoms with van der Waals surface area (Å²) in [6, 6.07) is 16.9. The normalized spacial score (nSPS) is 14.4. The van der Waals surface area contributed by atoms with E-state index in [1.54, 1.807) is 18.2 Å². The van der Waals surface area contributed by atoms with Gasteiger partial charge >= 0.3 is 0 Å². The number of imide groups is 1. The first-order valence-electron chi connectivity index (χ1n) is 10.8. The smallest absolute Gasteiger partial charge is 0.293 e. The number of thioether (sulfide) groups is 1. The lowest BCUT2D eigenvalue weighted by Gasteiger charge is -2.14. The van der Waals surface area contributed by atoms with Crippen molar-refractivity contribution in [3.05, 3.63) is 103 Å². The van der Waals surface area contributed by atoms with Crippen molar-refractivity contribution in [3.8, 4) is 11.5 Å². The summed E-state index contributed by atoms with van der Waals surface area (Å²) in [4.78, 5) is 37.1. The lowest BCUT2D eigenvalue weighted by molar-refractivity contribution is -0.384. The second-order valence-corrected chi connectivity index (χ2v) is 9.34. The minimum Gasteiger partial charge on any atom is -0.493 e. The first kappa shape index (κ1) is 25.3. The molecule has 0 saturated carbocycles. The summed E-state index contributed by atoms with van der Waals surface area (Å²) in [6.45, 7) is 2.31. The van der Waals surface area contributed by atoms with E-state index in [1.807, 2.05) is 31.2 Å². The van der Waals surface area contributed by atoms with Gasteiger partial charge in [-0.1, -0.05) is 48.0 Å². The Labute approximate surface area is 216 Å². The maximum Gasteiger partial charge on any atom is 0.293 e. The Kier molecular flexibility index (Phi) is 7.61. The number of hydrogen-bond donors (Lipinski definition) is 0. The van der Waals surface area contributed by atoms with Crippen molar-refractivity contribution >= 4 is 46.3 Å². The number of benzene rings is 3. The van der Waals surface area contributed by atoms with Crippen LogP contribution >= 0.6 is 23.4 Å². The molecular weight excluding hydrogens is 504 g/mol. The number of non-ortho nitro benzene ring substituents is 1. The van der Waals surface area contributed by atoms with Crippen molar-refractivity contribution in [1.82, 2.24) is 4.90 Å². The molecule has 1 aliphatic heterocycles. The van der Waals surface area contributed by atoms with E-state index in [0.717, 1.165) is 27.8 Å². The Balaban J connectivity index is 1.52. The highest BCUT2D eigenvalue weighted by atomic mass is 35.5. The van der Waals surface area contributed by atoms with Crippen LogP contribution in [0, 0.1) is 17.0 Å². The van der Waals surface area contributed by atoms with E-state index in [1.165, 1.54) is 31.4 Å². The van der Waals surface area contributed by atoms with Gasteiger partial charge in [-0.05, 0) is 59.1 Å². The van der Waals surface area contributed by atoms with Gasteiger partial charge in [-0.25, -0.2) is 0 Å². The van der Waals surface area contributed by atoms with E-state index in [4.69, 9.17) is 21.1 Å². The largest absolute Gasteiger partial charge is 0.493 e. The number of carbonyl (C=O) groups excluding carboxylic acids is 2. The van der Waals surface area contributed by atoms with Gasteiger partial charge in [0.1, 0.15) is 6.61 Å². The lowest BCUT2D eigenvalue weighted by Crippen LogP contribution is -2.27. The summed E-state index contributed by atoms with van der Waals surface area (Å²) >= 11 is 7.30. The molecule has 4 rings (SSSR count). The maximum atomic E-state index is 12.9. The number of nitrogens with zero attached hydrogens (tertiary/aromatic N) is 2. The third-order valence-electron chi connectivity index (χ3n) is 5.54. The van der Waals surface area contributed by atoms with E-state index >= 15 is 0 Å². The highest BCUT2D eigenvalue weighted by molar-refractivity contribution is 8.18. The predicted molar refractivity (Wildman–Crippen MR) is 138 cm³/mol. The molecular formula is C26H21ClN2O6S. The molecule has 0 atom stereocenters. The van der Waals surface area contributed by atoms with Gasteiger partial charge in [0.05, 0.1) is 28.5 Å². The summed E-state index contributed by atoms with van der Waals surface area (Å²) in [5.74, 6) is 0.316. The molecule has 0 bridgehead atoms. The number of nitro benzene ring substituents is 1. The molecule has 3 aromatic rings. The van der Waals surface area contributed by atoms with Gasteiger partial charge in [0.15, 0.2) is 11.5 Å². The highest BCUT2D eigenvalue weighted by Crippen LogP contribution is 2.39. The van der Waals surface area contributed by atoms with Gasteiger partial charge in [0.2, 0.25) is 0 Å². The zero-order valence-electron chi connectivity index (χ0n) is 19.4. The van der Waals surface area contributed by atoms with Crippen molar-refractivity contribution in [2.45, 2.75) is 20.1 Å². The number of hydrogen-bond acceptors (Lipinski definition) is 7. The van der Waals surface area contributed by atoms with Crippen LogP contribution in [0.25, 0.3) is 6.08 Å². The zero-order chi connectivity index (χ0) is 25.8.